The lowest BCUT2D eigenvalue weighted by Crippen LogP contribution is -2.15. The molecule has 3 heterocycles. The Morgan fingerprint density at radius 1 is 1.17 bits per heavy atom. The van der Waals surface area contributed by atoms with Crippen molar-refractivity contribution in [2.24, 2.45) is 0 Å². The summed E-state index contributed by atoms with van der Waals surface area (Å²) in [7, 11) is 0. The Balaban J connectivity index is 1.62. The lowest BCUT2D eigenvalue weighted by molar-refractivity contribution is 1.01. The van der Waals surface area contributed by atoms with E-state index in [9.17, 15) is 4.79 Å². The first kappa shape index (κ1) is 14.9. The normalized spacial score (nSPS) is 11.3. The van der Waals surface area contributed by atoms with Gasteiger partial charge in [0, 0.05) is 22.5 Å². The van der Waals surface area contributed by atoms with Crippen LogP contribution in [0.15, 0.2) is 62.3 Å². The van der Waals surface area contributed by atoms with Crippen molar-refractivity contribution >= 4 is 54.9 Å². The van der Waals surface area contributed by atoms with Crippen LogP contribution in [0.1, 0.15) is 5.69 Å². The minimum atomic E-state index is -0.0730. The van der Waals surface area contributed by atoms with E-state index in [2.05, 4.69) is 32.0 Å². The van der Waals surface area contributed by atoms with E-state index >= 15 is 0 Å². The molecule has 0 N–H and O–H groups in total. The number of thiazole rings is 1. The number of halogens is 1. The van der Waals surface area contributed by atoms with Crippen molar-refractivity contribution < 1.29 is 0 Å². The summed E-state index contributed by atoms with van der Waals surface area (Å²) < 4.78 is 4.55. The molecule has 114 valence electrons. The smallest absolute Gasteiger partial charge is 0.258 e. The molecule has 7 heteroatoms. The second-order valence-electron chi connectivity index (χ2n) is 4.90. The number of para-hydroxylation sites is 1. The predicted molar refractivity (Wildman–Crippen MR) is 98.3 cm³/mol. The molecule has 0 saturated heterocycles. The van der Waals surface area contributed by atoms with E-state index < -0.39 is 0 Å². The fourth-order valence-corrected chi connectivity index (χ4v) is 4.55. The minimum Gasteiger partial charge on any atom is -0.269 e. The molecule has 1 aromatic carbocycles. The van der Waals surface area contributed by atoms with Crippen LogP contribution in [0, 0.1) is 0 Å². The maximum atomic E-state index is 12.2. The molecule has 4 rings (SSSR count). The quantitative estimate of drug-likeness (QED) is 0.476. The Labute approximate surface area is 148 Å². The molecular formula is C16H10BrN3OS2. The van der Waals surface area contributed by atoms with Crippen LogP contribution in [0.3, 0.4) is 0 Å². The fourth-order valence-electron chi connectivity index (χ4n) is 2.25. The van der Waals surface area contributed by atoms with E-state index in [4.69, 9.17) is 0 Å². The summed E-state index contributed by atoms with van der Waals surface area (Å²) >= 11 is 6.63. The topological polar surface area (TPSA) is 47.3 Å². The van der Waals surface area contributed by atoms with Crippen molar-refractivity contribution in [1.29, 1.82) is 0 Å². The van der Waals surface area contributed by atoms with Crippen LogP contribution < -0.4 is 5.56 Å². The summed E-state index contributed by atoms with van der Waals surface area (Å²) in [6.07, 6.45) is 1.73. The summed E-state index contributed by atoms with van der Waals surface area (Å²) in [5.41, 5.74) is 2.36. The van der Waals surface area contributed by atoms with Gasteiger partial charge in [-0.1, -0.05) is 23.9 Å². The number of thioether (sulfide) groups is 1. The Bertz CT molecular complexity index is 1040. The van der Waals surface area contributed by atoms with Crippen LogP contribution in [0.25, 0.3) is 15.9 Å². The Kier molecular flexibility index (Phi) is 3.92. The van der Waals surface area contributed by atoms with Crippen molar-refractivity contribution in [3.8, 4) is 0 Å². The molecule has 3 aromatic heterocycles. The second kappa shape index (κ2) is 6.07. The van der Waals surface area contributed by atoms with E-state index in [1.54, 1.807) is 35.4 Å². The number of rotatable bonds is 3. The molecule has 0 atom stereocenters. The summed E-state index contributed by atoms with van der Waals surface area (Å²) in [4.78, 5) is 21.3. The Morgan fingerprint density at radius 2 is 2.04 bits per heavy atom. The molecule has 0 aliphatic heterocycles. The summed E-state index contributed by atoms with van der Waals surface area (Å²) in [6.45, 7) is 0. The number of benzene rings is 1. The summed E-state index contributed by atoms with van der Waals surface area (Å²) in [6, 6.07) is 13.4. The largest absolute Gasteiger partial charge is 0.269 e. The summed E-state index contributed by atoms with van der Waals surface area (Å²) in [5, 5.41) is 0. The van der Waals surface area contributed by atoms with E-state index in [-0.39, 0.29) is 5.56 Å². The number of hydrogen-bond donors (Lipinski definition) is 0. The van der Waals surface area contributed by atoms with Crippen molar-refractivity contribution in [3.63, 3.8) is 0 Å². The SMILES string of the molecule is O=c1cc(CSc2nc3ccccc3s2)nc2ccc(Br)cn12. The predicted octanol–water partition coefficient (Wildman–Crippen LogP) is 4.36. The molecule has 0 spiro atoms. The molecule has 0 unspecified atom stereocenters. The molecule has 4 aromatic rings. The minimum absolute atomic E-state index is 0.0730. The van der Waals surface area contributed by atoms with Gasteiger partial charge in [0.1, 0.15) is 5.65 Å². The van der Waals surface area contributed by atoms with Gasteiger partial charge in [0.15, 0.2) is 4.34 Å². The molecule has 0 amide bonds. The van der Waals surface area contributed by atoms with Crippen LogP contribution >= 0.6 is 39.0 Å². The van der Waals surface area contributed by atoms with Gasteiger partial charge in [-0.05, 0) is 40.2 Å². The van der Waals surface area contributed by atoms with Gasteiger partial charge >= 0.3 is 0 Å². The van der Waals surface area contributed by atoms with Crippen molar-refractivity contribution in [1.82, 2.24) is 14.4 Å². The van der Waals surface area contributed by atoms with Gasteiger partial charge in [-0.2, -0.15) is 0 Å². The van der Waals surface area contributed by atoms with Crippen molar-refractivity contribution in [3.05, 3.63) is 69.2 Å². The van der Waals surface area contributed by atoms with E-state index in [0.29, 0.717) is 11.4 Å². The third kappa shape index (κ3) is 3.04. The zero-order valence-electron chi connectivity index (χ0n) is 11.8. The third-order valence-corrected chi connectivity index (χ3v) is 5.98. The second-order valence-corrected chi connectivity index (χ2v) is 8.07. The molecule has 0 aliphatic rings. The highest BCUT2D eigenvalue weighted by Crippen LogP contribution is 2.30. The molecule has 0 aliphatic carbocycles. The number of pyridine rings is 1. The van der Waals surface area contributed by atoms with Gasteiger partial charge in [0.25, 0.3) is 5.56 Å². The van der Waals surface area contributed by atoms with Gasteiger partial charge in [-0.25, -0.2) is 9.97 Å². The van der Waals surface area contributed by atoms with Crippen LogP contribution in [0.4, 0.5) is 0 Å². The molecule has 0 radical (unpaired) electrons. The molecule has 0 bridgehead atoms. The maximum absolute atomic E-state index is 12.2. The van der Waals surface area contributed by atoms with Crippen LogP contribution in [-0.2, 0) is 5.75 Å². The van der Waals surface area contributed by atoms with Crippen LogP contribution in [0.2, 0.25) is 0 Å². The zero-order valence-corrected chi connectivity index (χ0v) is 15.0. The molecule has 23 heavy (non-hydrogen) atoms. The van der Waals surface area contributed by atoms with Crippen LogP contribution in [0.5, 0.6) is 0 Å². The number of fused-ring (bicyclic) bond motifs is 2. The van der Waals surface area contributed by atoms with E-state index in [1.165, 1.54) is 9.10 Å². The first-order valence-corrected chi connectivity index (χ1v) is 9.45. The molecule has 0 saturated carbocycles. The third-order valence-electron chi connectivity index (χ3n) is 3.29. The van der Waals surface area contributed by atoms with Crippen molar-refractivity contribution in [2.45, 2.75) is 10.1 Å². The highest BCUT2D eigenvalue weighted by atomic mass is 79.9. The standard InChI is InChI=1S/C16H10BrN3OS2/c17-10-5-6-14-18-11(7-15(21)20(14)8-10)9-22-16-19-12-3-1-2-4-13(12)23-16/h1-8H,9H2. The van der Waals surface area contributed by atoms with E-state index in [0.717, 1.165) is 20.0 Å². The maximum Gasteiger partial charge on any atom is 0.258 e. The Hall–Kier alpha value is -1.70. The number of aromatic nitrogens is 3. The molecular weight excluding hydrogens is 394 g/mol. The monoisotopic (exact) mass is 403 g/mol. The van der Waals surface area contributed by atoms with Crippen molar-refractivity contribution in [2.75, 3.05) is 0 Å². The van der Waals surface area contributed by atoms with Gasteiger partial charge < -0.3 is 0 Å². The number of nitrogens with zero attached hydrogens (tertiary/aromatic N) is 3. The van der Waals surface area contributed by atoms with Gasteiger partial charge in [-0.15, -0.1) is 11.3 Å². The first-order valence-electron chi connectivity index (χ1n) is 6.85. The zero-order chi connectivity index (χ0) is 15.8. The average Bonchev–Trinajstić information content (AvgIpc) is 2.96. The average molecular weight is 404 g/mol. The van der Waals surface area contributed by atoms with E-state index in [1.807, 2.05) is 30.3 Å². The summed E-state index contributed by atoms with van der Waals surface area (Å²) in [5.74, 6) is 0.627. The van der Waals surface area contributed by atoms with Gasteiger partial charge in [0.05, 0.1) is 15.9 Å². The highest BCUT2D eigenvalue weighted by molar-refractivity contribution is 9.10. The first-order chi connectivity index (χ1) is 11.2. The van der Waals surface area contributed by atoms with Gasteiger partial charge in [-0.3, -0.25) is 9.20 Å². The molecule has 0 fully saturated rings. The van der Waals surface area contributed by atoms with Gasteiger partial charge in [0.2, 0.25) is 0 Å². The van der Waals surface area contributed by atoms with Crippen LogP contribution in [-0.4, -0.2) is 14.4 Å². The lowest BCUT2D eigenvalue weighted by Gasteiger charge is -2.03. The number of hydrogen-bond acceptors (Lipinski definition) is 5. The highest BCUT2D eigenvalue weighted by Gasteiger charge is 2.07. The fraction of sp³-hybridized carbons (Fsp3) is 0.0625. The Morgan fingerprint density at radius 3 is 2.91 bits per heavy atom. The molecule has 4 nitrogen and oxygen atoms in total. The lowest BCUT2D eigenvalue weighted by atomic mass is 10.3.